The lowest BCUT2D eigenvalue weighted by molar-refractivity contribution is -0.166. The fourth-order valence-electron chi connectivity index (χ4n) is 0.691. The summed E-state index contributed by atoms with van der Waals surface area (Å²) in [6.07, 6.45) is -10.5. The molecule has 0 heterocycles. The van der Waals surface area contributed by atoms with Gasteiger partial charge in [0.25, 0.3) is 0 Å². The summed E-state index contributed by atoms with van der Waals surface area (Å²) in [6, 6.07) is 0. The summed E-state index contributed by atoms with van der Waals surface area (Å²) < 4.78 is 89.6. The van der Waals surface area contributed by atoms with Gasteiger partial charge < -0.3 is 0 Å². The molecule has 0 aromatic carbocycles. The van der Waals surface area contributed by atoms with Crippen molar-refractivity contribution in [2.45, 2.75) is 25.7 Å². The molecule has 0 fully saturated rings. The number of carbonyl (C=O) groups is 1. The highest BCUT2D eigenvalue weighted by Crippen LogP contribution is 2.51. The van der Waals surface area contributed by atoms with Gasteiger partial charge >= 0.3 is 19.9 Å². The summed E-state index contributed by atoms with van der Waals surface area (Å²) in [5, 5.41) is 0. The van der Waals surface area contributed by atoms with Crippen molar-refractivity contribution in [1.82, 2.24) is 0 Å². The molecule has 0 spiro atoms. The normalized spacial score (nSPS) is 13.7. The van der Waals surface area contributed by atoms with Crippen molar-refractivity contribution in [3.05, 3.63) is 0 Å². The lowest BCUT2D eigenvalue weighted by Crippen LogP contribution is -2.22. The SMILES string of the molecule is CCC(=O)P(=O)(OCC(F)(F)F)OCC(F)(F)F. The van der Waals surface area contributed by atoms with Crippen molar-refractivity contribution < 1.29 is 44.7 Å². The molecule has 4 nitrogen and oxygen atoms in total. The molecule has 0 N–H and O–H groups in total. The minimum Gasteiger partial charge on any atom is -0.294 e. The molecule has 0 radical (unpaired) electrons. The first kappa shape index (κ1) is 17.4. The molecule has 0 amide bonds. The van der Waals surface area contributed by atoms with Crippen molar-refractivity contribution in [1.29, 1.82) is 0 Å². The fraction of sp³-hybridized carbons (Fsp3) is 0.857. The molecule has 0 aliphatic heterocycles. The van der Waals surface area contributed by atoms with E-state index in [9.17, 15) is 35.7 Å². The number of hydrogen-bond acceptors (Lipinski definition) is 4. The second-order valence-corrected chi connectivity index (χ2v) is 5.03. The Morgan fingerprint density at radius 3 is 1.56 bits per heavy atom. The van der Waals surface area contributed by atoms with Gasteiger partial charge in [-0.05, 0) is 0 Å². The molecule has 0 saturated carbocycles. The maximum absolute atomic E-state index is 11.8. The number of rotatable bonds is 6. The summed E-state index contributed by atoms with van der Waals surface area (Å²) >= 11 is 0. The highest BCUT2D eigenvalue weighted by atomic mass is 31.2. The van der Waals surface area contributed by atoms with E-state index in [0.29, 0.717) is 0 Å². The fourth-order valence-corrected chi connectivity index (χ4v) is 2.07. The quantitative estimate of drug-likeness (QED) is 0.558. The van der Waals surface area contributed by atoms with Crippen LogP contribution < -0.4 is 0 Å². The van der Waals surface area contributed by atoms with E-state index in [1.165, 1.54) is 0 Å². The van der Waals surface area contributed by atoms with Crippen molar-refractivity contribution in [2.75, 3.05) is 13.2 Å². The van der Waals surface area contributed by atoms with Crippen LogP contribution in [-0.2, 0) is 18.4 Å². The second-order valence-electron chi connectivity index (χ2n) is 3.02. The van der Waals surface area contributed by atoms with Gasteiger partial charge in [0.1, 0.15) is 0 Å². The van der Waals surface area contributed by atoms with Gasteiger partial charge in [-0.25, -0.2) is 0 Å². The van der Waals surface area contributed by atoms with E-state index in [1.807, 2.05) is 0 Å². The maximum Gasteiger partial charge on any atom is 0.412 e. The van der Waals surface area contributed by atoms with Crippen molar-refractivity contribution in [2.24, 2.45) is 0 Å². The standard InChI is InChI=1S/C7H9F6O4P/c1-2-5(14)18(15,16-3-6(8,9)10)17-4-7(11,12)13/h2-4H2,1H3. The first-order valence-electron chi connectivity index (χ1n) is 4.45. The van der Waals surface area contributed by atoms with Gasteiger partial charge in [-0.1, -0.05) is 6.92 Å². The van der Waals surface area contributed by atoms with Crippen molar-refractivity contribution in [3.8, 4) is 0 Å². The van der Waals surface area contributed by atoms with E-state index in [2.05, 4.69) is 9.05 Å². The van der Waals surface area contributed by atoms with Crippen LogP contribution in [0.2, 0.25) is 0 Å². The first-order valence-corrected chi connectivity index (χ1v) is 6.00. The van der Waals surface area contributed by atoms with Gasteiger partial charge in [0.05, 0.1) is 0 Å². The molecule has 0 unspecified atom stereocenters. The zero-order chi connectivity index (χ0) is 14.6. The van der Waals surface area contributed by atoms with E-state index >= 15 is 0 Å². The second kappa shape index (κ2) is 6.03. The largest absolute Gasteiger partial charge is 0.412 e. The summed E-state index contributed by atoms with van der Waals surface area (Å²) in [7, 11) is -5.08. The van der Waals surface area contributed by atoms with Gasteiger partial charge in [-0.15, -0.1) is 0 Å². The lowest BCUT2D eigenvalue weighted by atomic mass is 10.6. The number of alkyl halides is 6. The summed E-state index contributed by atoms with van der Waals surface area (Å²) in [6.45, 7) is -3.16. The average Bonchev–Trinajstić information content (AvgIpc) is 2.20. The molecule has 0 atom stereocenters. The molecule has 11 heteroatoms. The third-order valence-corrected chi connectivity index (χ3v) is 3.27. The van der Waals surface area contributed by atoms with Crippen LogP contribution >= 0.6 is 7.60 Å². The number of hydrogen-bond donors (Lipinski definition) is 0. The van der Waals surface area contributed by atoms with Crippen LogP contribution in [0.25, 0.3) is 0 Å². The molecular formula is C7H9F6O4P. The van der Waals surface area contributed by atoms with Gasteiger partial charge in [0.15, 0.2) is 13.2 Å². The summed E-state index contributed by atoms with van der Waals surface area (Å²) in [5.41, 5.74) is -1.45. The Hall–Kier alpha value is -0.600. The van der Waals surface area contributed by atoms with Gasteiger partial charge in [-0.2, -0.15) is 26.3 Å². The summed E-state index contributed by atoms with van der Waals surface area (Å²) in [4.78, 5) is 11.0. The smallest absolute Gasteiger partial charge is 0.294 e. The molecular weight excluding hydrogens is 293 g/mol. The number of carbonyl (C=O) groups excluding carboxylic acids is 1. The van der Waals surface area contributed by atoms with Crippen molar-refractivity contribution in [3.63, 3.8) is 0 Å². The molecule has 18 heavy (non-hydrogen) atoms. The Kier molecular flexibility index (Phi) is 5.83. The van der Waals surface area contributed by atoms with Crippen LogP contribution in [0.15, 0.2) is 0 Å². The molecule has 0 aliphatic carbocycles. The Balaban J connectivity index is 4.75. The predicted molar refractivity (Wildman–Crippen MR) is 46.9 cm³/mol. The molecule has 0 aromatic rings. The van der Waals surface area contributed by atoms with Crippen LogP contribution in [0.4, 0.5) is 26.3 Å². The van der Waals surface area contributed by atoms with Crippen LogP contribution in [0.1, 0.15) is 13.3 Å². The monoisotopic (exact) mass is 302 g/mol. The van der Waals surface area contributed by atoms with Crippen LogP contribution in [0.5, 0.6) is 0 Å². The van der Waals surface area contributed by atoms with Crippen molar-refractivity contribution >= 4 is 13.1 Å². The Morgan fingerprint density at radius 1 is 1.00 bits per heavy atom. The molecule has 0 bridgehead atoms. The van der Waals surface area contributed by atoms with E-state index in [0.717, 1.165) is 6.92 Å². The van der Waals surface area contributed by atoms with E-state index in [4.69, 9.17) is 0 Å². The molecule has 0 saturated heterocycles. The first-order chi connectivity index (χ1) is 7.90. The lowest BCUT2D eigenvalue weighted by Gasteiger charge is -2.18. The Bertz CT molecular complexity index is 314. The predicted octanol–water partition coefficient (Wildman–Crippen LogP) is 3.27. The number of halogens is 6. The molecule has 108 valence electrons. The zero-order valence-corrected chi connectivity index (χ0v) is 9.86. The average molecular weight is 302 g/mol. The zero-order valence-electron chi connectivity index (χ0n) is 8.97. The highest BCUT2D eigenvalue weighted by Gasteiger charge is 2.42. The van der Waals surface area contributed by atoms with Gasteiger partial charge in [0.2, 0.25) is 5.52 Å². The van der Waals surface area contributed by atoms with Gasteiger partial charge in [0, 0.05) is 6.42 Å². The molecule has 0 aromatic heterocycles. The Labute approximate surface area is 97.8 Å². The van der Waals surface area contributed by atoms with Gasteiger partial charge in [-0.3, -0.25) is 18.4 Å². The van der Waals surface area contributed by atoms with E-state index in [-0.39, 0.29) is 0 Å². The molecule has 0 rings (SSSR count). The van der Waals surface area contributed by atoms with E-state index in [1.54, 1.807) is 0 Å². The third-order valence-electron chi connectivity index (χ3n) is 1.40. The van der Waals surface area contributed by atoms with Crippen LogP contribution in [0.3, 0.4) is 0 Å². The van der Waals surface area contributed by atoms with Crippen LogP contribution in [0, 0.1) is 0 Å². The topological polar surface area (TPSA) is 52.6 Å². The minimum atomic E-state index is -5.08. The highest BCUT2D eigenvalue weighted by molar-refractivity contribution is 7.71. The van der Waals surface area contributed by atoms with E-state index < -0.39 is 45.1 Å². The summed E-state index contributed by atoms with van der Waals surface area (Å²) in [5.74, 6) is 0. The maximum atomic E-state index is 11.8. The third kappa shape index (κ3) is 6.97. The Morgan fingerprint density at radius 2 is 1.33 bits per heavy atom. The van der Waals surface area contributed by atoms with Crippen LogP contribution in [-0.4, -0.2) is 31.1 Å². The molecule has 0 aliphatic rings. The minimum absolute atomic E-state index is 0.576.